The molecule has 0 radical (unpaired) electrons. The Morgan fingerprint density at radius 1 is 0.706 bits per heavy atom. The molecule has 0 unspecified atom stereocenters. The molecule has 0 aromatic rings. The van der Waals surface area contributed by atoms with Gasteiger partial charge in [0.15, 0.2) is 10.3 Å². The Labute approximate surface area is 206 Å². The molecule has 0 spiro atoms. The quantitative estimate of drug-likeness (QED) is 0.377. The Morgan fingerprint density at radius 3 is 1.29 bits per heavy atom. The third kappa shape index (κ3) is 5.64. The summed E-state index contributed by atoms with van der Waals surface area (Å²) in [5.41, 5.74) is -0.844. The number of rotatable bonds is 2. The van der Waals surface area contributed by atoms with Gasteiger partial charge in [0, 0.05) is 28.2 Å². The van der Waals surface area contributed by atoms with Crippen LogP contribution in [0.4, 0.5) is 8.78 Å². The summed E-state index contributed by atoms with van der Waals surface area (Å²) < 4.78 is 37.5. The maximum Gasteiger partial charge on any atom is 0.161 e. The fourth-order valence-corrected chi connectivity index (χ4v) is 6.23. The number of aliphatic hydroxyl groups is 4. The largest absolute Gasteiger partial charge is 0.388 e. The van der Waals surface area contributed by atoms with Gasteiger partial charge in [-0.05, 0) is 13.8 Å². The first-order chi connectivity index (χ1) is 15.8. The molecule has 14 heteroatoms. The second-order valence-electron chi connectivity index (χ2n) is 9.08. The van der Waals surface area contributed by atoms with Gasteiger partial charge in [-0.1, -0.05) is 23.5 Å². The van der Waals surface area contributed by atoms with Crippen LogP contribution in [0.1, 0.15) is 13.8 Å². The van der Waals surface area contributed by atoms with E-state index in [0.29, 0.717) is 0 Å². The van der Waals surface area contributed by atoms with Crippen molar-refractivity contribution in [2.24, 2.45) is 9.98 Å². The fraction of sp³-hybridized carbons (Fsp3) is 0.900. The molecule has 0 amide bonds. The van der Waals surface area contributed by atoms with E-state index in [4.69, 9.17) is 9.47 Å². The lowest BCUT2D eigenvalue weighted by Crippen LogP contribution is -2.57. The van der Waals surface area contributed by atoms with Crippen molar-refractivity contribution in [2.75, 3.05) is 28.2 Å². The SMILES string of the molecule is C[C@@H](F)[C@H]1O[C@@H]2SC(N(C)C)=N[C@@H]2[C@@H](O)[C@@H]1O.C[C@H](F)[C@H]1O[C@@H]2SC(N(C)C)=N[C@@H]2[C@@H](O)[C@@H]1O. The lowest BCUT2D eigenvalue weighted by Gasteiger charge is -2.38. The number of hydrogen-bond donors (Lipinski definition) is 4. The summed E-state index contributed by atoms with van der Waals surface area (Å²) in [6.07, 6.45) is -9.27. The lowest BCUT2D eigenvalue weighted by atomic mass is 9.96. The summed E-state index contributed by atoms with van der Waals surface area (Å²) in [6, 6.07) is -1.05. The number of amidine groups is 2. The van der Waals surface area contributed by atoms with Crippen LogP contribution in [0.15, 0.2) is 9.98 Å². The minimum absolute atomic E-state index is 0.422. The number of halogens is 2. The molecule has 0 aromatic heterocycles. The Hall–Kier alpha value is -0.740. The molecule has 4 aliphatic heterocycles. The van der Waals surface area contributed by atoms with Gasteiger partial charge in [-0.2, -0.15) is 0 Å². The molecule has 4 aliphatic rings. The second kappa shape index (κ2) is 11.1. The zero-order valence-corrected chi connectivity index (χ0v) is 21.5. The third-order valence-electron chi connectivity index (χ3n) is 5.85. The molecule has 4 rings (SSSR count). The van der Waals surface area contributed by atoms with Gasteiger partial charge in [-0.3, -0.25) is 9.98 Å². The predicted molar refractivity (Wildman–Crippen MR) is 127 cm³/mol. The Balaban J connectivity index is 0.000000191. The lowest BCUT2D eigenvalue weighted by molar-refractivity contribution is -0.170. The van der Waals surface area contributed by atoms with Crippen molar-refractivity contribution in [3.05, 3.63) is 0 Å². The van der Waals surface area contributed by atoms with Gasteiger partial charge in [-0.25, -0.2) is 8.78 Å². The second-order valence-corrected chi connectivity index (χ2v) is 11.2. The predicted octanol–water partition coefficient (Wildman–Crippen LogP) is -0.352. The molecule has 0 bridgehead atoms. The summed E-state index contributed by atoms with van der Waals surface area (Å²) in [5.74, 6) is 0. The van der Waals surface area contributed by atoms with E-state index in [1.807, 2.05) is 28.2 Å². The zero-order valence-electron chi connectivity index (χ0n) is 19.9. The van der Waals surface area contributed by atoms with Crippen molar-refractivity contribution in [1.29, 1.82) is 0 Å². The number of aliphatic imine (C=N–C) groups is 2. The van der Waals surface area contributed by atoms with E-state index in [2.05, 4.69) is 9.98 Å². The normalized spacial score (nSPS) is 42.9. The topological polar surface area (TPSA) is 131 Å². The van der Waals surface area contributed by atoms with E-state index in [9.17, 15) is 29.2 Å². The zero-order chi connectivity index (χ0) is 25.5. The first-order valence-electron chi connectivity index (χ1n) is 11.0. The molecular formula is C20H34F2N4O6S2. The highest BCUT2D eigenvalue weighted by Gasteiger charge is 2.51. The van der Waals surface area contributed by atoms with E-state index >= 15 is 0 Å². The van der Waals surface area contributed by atoms with E-state index in [0.717, 1.165) is 10.3 Å². The van der Waals surface area contributed by atoms with Crippen LogP contribution in [0, 0.1) is 0 Å². The molecule has 0 saturated carbocycles. The molecule has 2 saturated heterocycles. The van der Waals surface area contributed by atoms with Crippen LogP contribution in [-0.4, -0.2) is 141 Å². The summed E-state index contributed by atoms with van der Waals surface area (Å²) in [6.45, 7) is 2.63. The molecule has 12 atom stereocenters. The van der Waals surface area contributed by atoms with E-state index in [1.165, 1.54) is 37.4 Å². The fourth-order valence-electron chi connectivity index (χ4n) is 3.94. The summed E-state index contributed by atoms with van der Waals surface area (Å²) in [5, 5.41) is 40.8. The first kappa shape index (κ1) is 27.8. The minimum atomic E-state index is -1.33. The van der Waals surface area contributed by atoms with Crippen LogP contribution in [0.3, 0.4) is 0 Å². The third-order valence-corrected chi connectivity index (χ3v) is 8.45. The van der Waals surface area contributed by atoms with Crippen molar-refractivity contribution < 1.29 is 38.7 Å². The van der Waals surface area contributed by atoms with Crippen LogP contribution in [0.25, 0.3) is 0 Å². The van der Waals surface area contributed by atoms with Crippen molar-refractivity contribution in [1.82, 2.24) is 9.80 Å². The number of nitrogens with zero attached hydrogens (tertiary/aromatic N) is 4. The van der Waals surface area contributed by atoms with Crippen LogP contribution < -0.4 is 0 Å². The molecule has 0 aliphatic carbocycles. The van der Waals surface area contributed by atoms with Crippen LogP contribution in [-0.2, 0) is 9.47 Å². The van der Waals surface area contributed by atoms with Gasteiger partial charge in [0.1, 0.15) is 71.9 Å². The van der Waals surface area contributed by atoms with Crippen molar-refractivity contribution in [2.45, 2.75) is 85.8 Å². The molecule has 10 nitrogen and oxygen atoms in total. The maximum atomic E-state index is 13.3. The molecule has 4 heterocycles. The smallest absolute Gasteiger partial charge is 0.161 e. The van der Waals surface area contributed by atoms with Gasteiger partial charge in [0.25, 0.3) is 0 Å². The van der Waals surface area contributed by atoms with Crippen molar-refractivity contribution in [3.8, 4) is 0 Å². The average molecular weight is 529 g/mol. The van der Waals surface area contributed by atoms with E-state index in [1.54, 1.807) is 9.80 Å². The highest BCUT2D eigenvalue weighted by atomic mass is 32.2. The van der Waals surface area contributed by atoms with E-state index in [-0.39, 0.29) is 0 Å². The van der Waals surface area contributed by atoms with Gasteiger partial charge in [0.2, 0.25) is 0 Å². The number of alkyl halides is 2. The molecule has 34 heavy (non-hydrogen) atoms. The maximum absolute atomic E-state index is 13.3. The minimum Gasteiger partial charge on any atom is -0.388 e. The highest BCUT2D eigenvalue weighted by molar-refractivity contribution is 8.14. The highest BCUT2D eigenvalue weighted by Crippen LogP contribution is 2.39. The van der Waals surface area contributed by atoms with Crippen LogP contribution >= 0.6 is 23.5 Å². The number of hydrogen-bond acceptors (Lipinski definition) is 12. The van der Waals surface area contributed by atoms with Crippen molar-refractivity contribution >= 4 is 33.9 Å². The molecule has 196 valence electrons. The average Bonchev–Trinajstić information content (AvgIpc) is 3.38. The first-order valence-corrected chi connectivity index (χ1v) is 12.7. The number of thioether (sulfide) groups is 2. The van der Waals surface area contributed by atoms with Crippen LogP contribution in [0.5, 0.6) is 0 Å². The molecule has 4 N–H and O–H groups in total. The van der Waals surface area contributed by atoms with Gasteiger partial charge < -0.3 is 39.7 Å². The molecular weight excluding hydrogens is 494 g/mol. The van der Waals surface area contributed by atoms with Gasteiger partial charge in [-0.15, -0.1) is 0 Å². The van der Waals surface area contributed by atoms with Crippen LogP contribution in [0.2, 0.25) is 0 Å². The van der Waals surface area contributed by atoms with Gasteiger partial charge >= 0.3 is 0 Å². The number of ether oxygens (including phenoxy) is 2. The molecule has 0 aromatic carbocycles. The monoisotopic (exact) mass is 528 g/mol. The summed E-state index contributed by atoms with van der Waals surface area (Å²) in [4.78, 5) is 12.2. The Bertz CT molecular complexity index is 715. The number of aliphatic hydroxyl groups excluding tert-OH is 4. The molecule has 2 fully saturated rings. The Kier molecular flexibility index (Phi) is 9.10. The summed E-state index contributed by atoms with van der Waals surface area (Å²) >= 11 is 2.69. The number of fused-ring (bicyclic) bond motifs is 2. The Morgan fingerprint density at radius 2 is 1.03 bits per heavy atom. The van der Waals surface area contributed by atoms with E-state index < -0.39 is 71.9 Å². The van der Waals surface area contributed by atoms with Crippen molar-refractivity contribution in [3.63, 3.8) is 0 Å². The standard InChI is InChI=1S/2C10H17FN2O3S/c2*1-4(11)8-7(15)6(14)5-9(16-8)17-10(12-5)13(2)3/h2*4-9,14-15H,1-3H3/t4-,5+,6+,7-,8+,9+;4-,5-,6-,7+,8-,9-/m01/s1. The summed E-state index contributed by atoms with van der Waals surface area (Å²) in [7, 11) is 7.34. The van der Waals surface area contributed by atoms with Gasteiger partial charge in [0.05, 0.1) is 0 Å².